The van der Waals surface area contributed by atoms with Gasteiger partial charge in [0.05, 0.1) is 0 Å². The molecule has 17 heavy (non-hydrogen) atoms. The average molecular weight is 300 g/mol. The molecule has 0 aliphatic heterocycles. The van der Waals surface area contributed by atoms with E-state index < -0.39 is 0 Å². The van der Waals surface area contributed by atoms with E-state index in [0.29, 0.717) is 6.42 Å². The maximum atomic E-state index is 10.9. The van der Waals surface area contributed by atoms with Gasteiger partial charge >= 0.3 is 0 Å². The van der Waals surface area contributed by atoms with Crippen molar-refractivity contribution in [3.63, 3.8) is 0 Å². The van der Waals surface area contributed by atoms with Crippen molar-refractivity contribution in [3.8, 4) is 0 Å². The molecule has 3 N–H and O–H groups in total. The summed E-state index contributed by atoms with van der Waals surface area (Å²) in [6.07, 6.45) is 1.29. The molecular formula is C12H18BrN3O. The summed E-state index contributed by atoms with van der Waals surface area (Å²) in [5, 5.41) is 0. The summed E-state index contributed by atoms with van der Waals surface area (Å²) < 4.78 is 1.09. The van der Waals surface area contributed by atoms with Crippen molar-refractivity contribution < 1.29 is 4.79 Å². The molecule has 94 valence electrons. The van der Waals surface area contributed by atoms with Crippen LogP contribution in [0.25, 0.3) is 0 Å². The normalized spacial score (nSPS) is 10.6. The Morgan fingerprint density at radius 3 is 2.65 bits per heavy atom. The standard InChI is InChI=1S/C12H18BrN3O/c1-16(8-2-3-12(17)15-14)9-10-4-6-11(13)7-5-10/h4-7H,2-3,8-9,14H2,1H3,(H,15,17). The number of benzene rings is 1. The molecule has 1 amide bonds. The fourth-order valence-electron chi connectivity index (χ4n) is 1.56. The third kappa shape index (κ3) is 5.81. The number of hydrogen-bond donors (Lipinski definition) is 2. The Morgan fingerprint density at radius 2 is 2.06 bits per heavy atom. The highest BCUT2D eigenvalue weighted by atomic mass is 79.9. The highest BCUT2D eigenvalue weighted by Crippen LogP contribution is 2.11. The molecule has 0 aromatic heterocycles. The second-order valence-corrected chi connectivity index (χ2v) is 4.95. The fourth-order valence-corrected chi connectivity index (χ4v) is 1.83. The van der Waals surface area contributed by atoms with Crippen LogP contribution in [0.5, 0.6) is 0 Å². The first-order valence-corrected chi connectivity index (χ1v) is 6.33. The highest BCUT2D eigenvalue weighted by molar-refractivity contribution is 9.10. The van der Waals surface area contributed by atoms with Gasteiger partial charge in [0, 0.05) is 17.4 Å². The zero-order chi connectivity index (χ0) is 12.7. The summed E-state index contributed by atoms with van der Waals surface area (Å²) in [6, 6.07) is 8.25. The molecule has 0 fully saturated rings. The molecule has 1 aromatic carbocycles. The quantitative estimate of drug-likeness (QED) is 0.477. The summed E-state index contributed by atoms with van der Waals surface area (Å²) in [5.41, 5.74) is 3.39. The van der Waals surface area contributed by atoms with Crippen molar-refractivity contribution in [1.29, 1.82) is 0 Å². The van der Waals surface area contributed by atoms with E-state index in [2.05, 4.69) is 38.4 Å². The third-order valence-corrected chi connectivity index (χ3v) is 3.00. The molecule has 1 aromatic rings. The van der Waals surface area contributed by atoms with Gasteiger partial charge in [-0.2, -0.15) is 0 Å². The molecule has 5 heteroatoms. The largest absolute Gasteiger partial charge is 0.302 e. The van der Waals surface area contributed by atoms with Gasteiger partial charge < -0.3 is 4.90 Å². The number of hydrogen-bond acceptors (Lipinski definition) is 3. The lowest BCUT2D eigenvalue weighted by molar-refractivity contribution is -0.121. The zero-order valence-corrected chi connectivity index (χ0v) is 11.5. The van der Waals surface area contributed by atoms with Crippen LogP contribution < -0.4 is 11.3 Å². The minimum Gasteiger partial charge on any atom is -0.302 e. The lowest BCUT2D eigenvalue weighted by atomic mass is 10.2. The van der Waals surface area contributed by atoms with Crippen molar-refractivity contribution in [2.75, 3.05) is 13.6 Å². The zero-order valence-electron chi connectivity index (χ0n) is 9.95. The predicted octanol–water partition coefficient (Wildman–Crippen LogP) is 1.65. The van der Waals surface area contributed by atoms with E-state index in [0.717, 1.165) is 24.0 Å². The lowest BCUT2D eigenvalue weighted by Gasteiger charge is -2.16. The predicted molar refractivity (Wildman–Crippen MR) is 72.0 cm³/mol. The van der Waals surface area contributed by atoms with Gasteiger partial charge in [0.15, 0.2) is 0 Å². The molecule has 0 atom stereocenters. The van der Waals surface area contributed by atoms with E-state index >= 15 is 0 Å². The minimum atomic E-state index is -0.109. The smallest absolute Gasteiger partial charge is 0.233 e. The first-order chi connectivity index (χ1) is 8.11. The van der Waals surface area contributed by atoms with E-state index in [-0.39, 0.29) is 5.91 Å². The van der Waals surface area contributed by atoms with Gasteiger partial charge in [0.1, 0.15) is 0 Å². The summed E-state index contributed by atoms with van der Waals surface area (Å²) in [5.74, 6) is 4.90. The van der Waals surface area contributed by atoms with Gasteiger partial charge in [-0.1, -0.05) is 28.1 Å². The van der Waals surface area contributed by atoms with Crippen LogP contribution in [0, 0.1) is 0 Å². The van der Waals surface area contributed by atoms with Crippen molar-refractivity contribution in [3.05, 3.63) is 34.3 Å². The Kier molecular flexibility index (Phi) is 6.18. The van der Waals surface area contributed by atoms with Gasteiger partial charge in [-0.15, -0.1) is 0 Å². The van der Waals surface area contributed by atoms with Gasteiger partial charge in [-0.3, -0.25) is 10.2 Å². The van der Waals surface area contributed by atoms with Crippen molar-refractivity contribution in [2.45, 2.75) is 19.4 Å². The van der Waals surface area contributed by atoms with Crippen molar-refractivity contribution >= 4 is 21.8 Å². The number of nitrogens with one attached hydrogen (secondary N) is 1. The maximum Gasteiger partial charge on any atom is 0.233 e. The van der Waals surface area contributed by atoms with Crippen LogP contribution in [0.15, 0.2) is 28.7 Å². The van der Waals surface area contributed by atoms with Crippen LogP contribution in [-0.2, 0) is 11.3 Å². The van der Waals surface area contributed by atoms with E-state index in [1.807, 2.05) is 19.2 Å². The maximum absolute atomic E-state index is 10.9. The first-order valence-electron chi connectivity index (χ1n) is 5.54. The molecule has 0 radical (unpaired) electrons. The Bertz CT molecular complexity index is 353. The molecule has 0 aliphatic rings. The first kappa shape index (κ1) is 14.2. The molecular weight excluding hydrogens is 282 g/mol. The van der Waals surface area contributed by atoms with Gasteiger partial charge in [0.25, 0.3) is 0 Å². The van der Waals surface area contributed by atoms with Crippen LogP contribution >= 0.6 is 15.9 Å². The Hall–Kier alpha value is -0.910. The van der Waals surface area contributed by atoms with Crippen LogP contribution in [-0.4, -0.2) is 24.4 Å². The molecule has 1 rings (SSSR count). The summed E-state index contributed by atoms with van der Waals surface area (Å²) in [7, 11) is 2.04. The minimum absolute atomic E-state index is 0.109. The second-order valence-electron chi connectivity index (χ2n) is 4.04. The average Bonchev–Trinajstić information content (AvgIpc) is 2.32. The van der Waals surface area contributed by atoms with E-state index in [1.54, 1.807) is 0 Å². The van der Waals surface area contributed by atoms with Crippen LogP contribution in [0.1, 0.15) is 18.4 Å². The number of nitrogens with zero attached hydrogens (tertiary/aromatic N) is 1. The van der Waals surface area contributed by atoms with Gasteiger partial charge in [0.2, 0.25) is 5.91 Å². The number of hydrazine groups is 1. The lowest BCUT2D eigenvalue weighted by Crippen LogP contribution is -2.30. The molecule has 4 nitrogen and oxygen atoms in total. The summed E-state index contributed by atoms with van der Waals surface area (Å²) in [6.45, 7) is 1.76. The molecule has 0 spiro atoms. The summed E-state index contributed by atoms with van der Waals surface area (Å²) in [4.78, 5) is 13.1. The van der Waals surface area contributed by atoms with Crippen LogP contribution in [0.3, 0.4) is 0 Å². The highest BCUT2D eigenvalue weighted by Gasteiger charge is 2.02. The SMILES string of the molecule is CN(CCCC(=O)NN)Cc1ccc(Br)cc1. The van der Waals surface area contributed by atoms with E-state index in [1.165, 1.54) is 5.56 Å². The number of rotatable bonds is 6. The van der Waals surface area contributed by atoms with Gasteiger partial charge in [-0.25, -0.2) is 5.84 Å². The fraction of sp³-hybridized carbons (Fsp3) is 0.417. The molecule has 0 bridgehead atoms. The number of carbonyl (C=O) groups is 1. The van der Waals surface area contributed by atoms with Crippen LogP contribution in [0.4, 0.5) is 0 Å². The van der Waals surface area contributed by atoms with Crippen molar-refractivity contribution in [2.24, 2.45) is 5.84 Å². The second kappa shape index (κ2) is 7.42. The van der Waals surface area contributed by atoms with Crippen LogP contribution in [0.2, 0.25) is 0 Å². The van der Waals surface area contributed by atoms with E-state index in [9.17, 15) is 4.79 Å². The van der Waals surface area contributed by atoms with Crippen molar-refractivity contribution in [1.82, 2.24) is 10.3 Å². The Balaban J connectivity index is 2.27. The molecule has 0 saturated carbocycles. The molecule has 0 saturated heterocycles. The summed E-state index contributed by atoms with van der Waals surface area (Å²) >= 11 is 3.41. The molecule has 0 unspecified atom stereocenters. The molecule has 0 heterocycles. The van der Waals surface area contributed by atoms with Gasteiger partial charge in [-0.05, 0) is 37.7 Å². The Labute approximate surface area is 110 Å². The topological polar surface area (TPSA) is 58.4 Å². The number of nitrogens with two attached hydrogens (primary N) is 1. The third-order valence-electron chi connectivity index (χ3n) is 2.47. The number of carbonyl (C=O) groups excluding carboxylic acids is 1. The number of amides is 1. The monoisotopic (exact) mass is 299 g/mol. The Morgan fingerprint density at radius 1 is 1.41 bits per heavy atom. The van der Waals surface area contributed by atoms with E-state index in [4.69, 9.17) is 5.84 Å². The molecule has 0 aliphatic carbocycles. The number of halogens is 1.